The van der Waals surface area contributed by atoms with E-state index < -0.39 is 0 Å². The normalized spacial score (nSPS) is 10.6. The molecule has 0 radical (unpaired) electrons. The molecule has 0 fully saturated rings. The van der Waals surface area contributed by atoms with Gasteiger partial charge >= 0.3 is 0 Å². The zero-order chi connectivity index (χ0) is 18.6. The lowest BCUT2D eigenvalue weighted by Crippen LogP contribution is -2.13. The van der Waals surface area contributed by atoms with Crippen molar-refractivity contribution in [1.82, 2.24) is 4.98 Å². The summed E-state index contributed by atoms with van der Waals surface area (Å²) in [5.41, 5.74) is 2.95. The maximum Gasteiger partial charge on any atom is 0.256 e. The van der Waals surface area contributed by atoms with Gasteiger partial charge in [0.25, 0.3) is 5.91 Å². The molecule has 1 aromatic heterocycles. The second-order valence-electron chi connectivity index (χ2n) is 6.22. The van der Waals surface area contributed by atoms with E-state index in [1.54, 1.807) is 0 Å². The second-order valence-corrected chi connectivity index (χ2v) is 6.22. The van der Waals surface area contributed by atoms with Crippen molar-refractivity contribution in [1.29, 1.82) is 0 Å². The Kier molecular flexibility index (Phi) is 4.54. The van der Waals surface area contributed by atoms with Crippen molar-refractivity contribution in [2.45, 2.75) is 6.92 Å². The van der Waals surface area contributed by atoms with Crippen LogP contribution in [0, 0.1) is 6.92 Å². The fraction of sp³-hybridized carbons (Fsp3) is 0.0435. The number of pyridine rings is 1. The van der Waals surface area contributed by atoms with Crippen LogP contribution >= 0.6 is 0 Å². The zero-order valence-corrected chi connectivity index (χ0v) is 14.8. The first kappa shape index (κ1) is 16.8. The molecule has 0 aliphatic carbocycles. The minimum atomic E-state index is -0.159. The highest BCUT2D eigenvalue weighted by atomic mass is 16.5. The third-order valence-corrected chi connectivity index (χ3v) is 4.18. The number of rotatable bonds is 4. The lowest BCUT2D eigenvalue weighted by atomic mass is 10.1. The number of para-hydroxylation sites is 2. The molecule has 0 spiro atoms. The first-order valence-corrected chi connectivity index (χ1v) is 8.70. The number of aromatic nitrogens is 1. The van der Waals surface area contributed by atoms with Gasteiger partial charge in [-0.05, 0) is 55.5 Å². The van der Waals surface area contributed by atoms with Crippen LogP contribution in [0.2, 0.25) is 0 Å². The molecular formula is C23H18N2O2. The molecule has 0 saturated carbocycles. The van der Waals surface area contributed by atoms with Gasteiger partial charge in [0.15, 0.2) is 0 Å². The van der Waals surface area contributed by atoms with E-state index in [0.717, 1.165) is 22.3 Å². The molecule has 4 heteroatoms. The molecule has 1 amide bonds. The number of aryl methyl sites for hydroxylation is 1. The van der Waals surface area contributed by atoms with Gasteiger partial charge in [-0.15, -0.1) is 0 Å². The third kappa shape index (κ3) is 3.80. The van der Waals surface area contributed by atoms with E-state index in [-0.39, 0.29) is 5.91 Å². The SMILES string of the molecule is Cc1cc(C(=O)Nc2ccc(Oc3ccccc3)cc2)c2ccccc2n1. The highest BCUT2D eigenvalue weighted by molar-refractivity contribution is 6.12. The van der Waals surface area contributed by atoms with Crippen molar-refractivity contribution in [2.24, 2.45) is 0 Å². The number of carbonyl (C=O) groups excluding carboxylic acids is 1. The average Bonchev–Trinajstić information content (AvgIpc) is 2.69. The van der Waals surface area contributed by atoms with E-state index in [0.29, 0.717) is 17.0 Å². The van der Waals surface area contributed by atoms with Crippen LogP contribution in [0.4, 0.5) is 5.69 Å². The number of hydrogen-bond donors (Lipinski definition) is 1. The summed E-state index contributed by atoms with van der Waals surface area (Å²) >= 11 is 0. The van der Waals surface area contributed by atoms with Crippen molar-refractivity contribution < 1.29 is 9.53 Å². The standard InChI is InChI=1S/C23H18N2O2/c1-16-15-21(20-9-5-6-10-22(20)24-16)23(26)25-17-11-13-19(14-12-17)27-18-7-3-2-4-8-18/h2-15H,1H3,(H,25,26). The number of fused-ring (bicyclic) bond motifs is 1. The van der Waals surface area contributed by atoms with Gasteiger partial charge < -0.3 is 10.1 Å². The fourth-order valence-corrected chi connectivity index (χ4v) is 2.93. The molecule has 1 N–H and O–H groups in total. The van der Waals surface area contributed by atoms with E-state index in [2.05, 4.69) is 10.3 Å². The van der Waals surface area contributed by atoms with E-state index >= 15 is 0 Å². The Morgan fingerprint density at radius 2 is 1.52 bits per heavy atom. The first-order valence-electron chi connectivity index (χ1n) is 8.70. The van der Waals surface area contributed by atoms with Gasteiger partial charge in [0, 0.05) is 16.8 Å². The maximum atomic E-state index is 12.8. The Labute approximate surface area is 157 Å². The number of anilines is 1. The van der Waals surface area contributed by atoms with Crippen molar-refractivity contribution in [2.75, 3.05) is 5.32 Å². The van der Waals surface area contributed by atoms with Crippen molar-refractivity contribution >= 4 is 22.5 Å². The monoisotopic (exact) mass is 354 g/mol. The molecule has 4 aromatic rings. The number of nitrogens with zero attached hydrogens (tertiary/aromatic N) is 1. The average molecular weight is 354 g/mol. The lowest BCUT2D eigenvalue weighted by Gasteiger charge is -2.10. The molecule has 0 bridgehead atoms. The van der Waals surface area contributed by atoms with E-state index in [1.807, 2.05) is 91.9 Å². The van der Waals surface area contributed by atoms with Crippen LogP contribution in [-0.4, -0.2) is 10.9 Å². The number of ether oxygens (including phenoxy) is 1. The van der Waals surface area contributed by atoms with E-state index in [9.17, 15) is 4.79 Å². The van der Waals surface area contributed by atoms with Gasteiger partial charge in [-0.2, -0.15) is 0 Å². The molecule has 4 nitrogen and oxygen atoms in total. The number of amides is 1. The first-order chi connectivity index (χ1) is 13.2. The van der Waals surface area contributed by atoms with Crippen molar-refractivity contribution in [3.05, 3.63) is 96.2 Å². The van der Waals surface area contributed by atoms with Gasteiger partial charge in [-0.3, -0.25) is 9.78 Å². The van der Waals surface area contributed by atoms with Gasteiger partial charge in [0.2, 0.25) is 0 Å². The highest BCUT2D eigenvalue weighted by Gasteiger charge is 2.12. The molecule has 0 unspecified atom stereocenters. The zero-order valence-electron chi connectivity index (χ0n) is 14.8. The fourth-order valence-electron chi connectivity index (χ4n) is 2.93. The molecule has 132 valence electrons. The Morgan fingerprint density at radius 3 is 2.30 bits per heavy atom. The summed E-state index contributed by atoms with van der Waals surface area (Å²) in [6.45, 7) is 1.89. The maximum absolute atomic E-state index is 12.8. The van der Waals surface area contributed by atoms with Gasteiger partial charge in [-0.25, -0.2) is 0 Å². The smallest absolute Gasteiger partial charge is 0.256 e. The van der Waals surface area contributed by atoms with Crippen LogP contribution in [0.15, 0.2) is 84.9 Å². The van der Waals surface area contributed by atoms with Crippen molar-refractivity contribution in [3.63, 3.8) is 0 Å². The Morgan fingerprint density at radius 1 is 0.852 bits per heavy atom. The second kappa shape index (κ2) is 7.30. The van der Waals surface area contributed by atoms with Crippen LogP contribution < -0.4 is 10.1 Å². The number of hydrogen-bond acceptors (Lipinski definition) is 3. The Hall–Kier alpha value is -3.66. The van der Waals surface area contributed by atoms with Crippen molar-refractivity contribution in [3.8, 4) is 11.5 Å². The summed E-state index contributed by atoms with van der Waals surface area (Å²) in [4.78, 5) is 17.3. The van der Waals surface area contributed by atoms with Crippen LogP contribution in [0.5, 0.6) is 11.5 Å². The minimum absolute atomic E-state index is 0.159. The summed E-state index contributed by atoms with van der Waals surface area (Å²) in [6, 6.07) is 26.3. The molecule has 0 aliphatic rings. The summed E-state index contributed by atoms with van der Waals surface area (Å²) in [6.07, 6.45) is 0. The topological polar surface area (TPSA) is 51.2 Å². The van der Waals surface area contributed by atoms with Gasteiger partial charge in [0.05, 0.1) is 11.1 Å². The van der Waals surface area contributed by atoms with E-state index in [4.69, 9.17) is 4.74 Å². The minimum Gasteiger partial charge on any atom is -0.457 e. The summed E-state index contributed by atoms with van der Waals surface area (Å²) in [5, 5.41) is 3.78. The molecule has 0 aliphatic heterocycles. The predicted molar refractivity (Wildman–Crippen MR) is 107 cm³/mol. The number of carbonyl (C=O) groups is 1. The molecule has 4 rings (SSSR count). The van der Waals surface area contributed by atoms with Crippen LogP contribution in [0.3, 0.4) is 0 Å². The molecule has 0 atom stereocenters. The van der Waals surface area contributed by atoms with Crippen LogP contribution in [-0.2, 0) is 0 Å². The predicted octanol–water partition coefficient (Wildman–Crippen LogP) is 5.59. The third-order valence-electron chi connectivity index (χ3n) is 4.18. The molecule has 3 aromatic carbocycles. The molecule has 27 heavy (non-hydrogen) atoms. The number of nitrogens with one attached hydrogen (secondary N) is 1. The van der Waals surface area contributed by atoms with Crippen LogP contribution in [0.1, 0.15) is 16.1 Å². The quantitative estimate of drug-likeness (QED) is 0.520. The Bertz CT molecular complexity index is 1090. The summed E-state index contributed by atoms with van der Waals surface area (Å²) in [7, 11) is 0. The summed E-state index contributed by atoms with van der Waals surface area (Å²) < 4.78 is 5.78. The largest absolute Gasteiger partial charge is 0.457 e. The summed E-state index contributed by atoms with van der Waals surface area (Å²) in [5.74, 6) is 1.32. The van der Waals surface area contributed by atoms with Gasteiger partial charge in [0.1, 0.15) is 11.5 Å². The molecule has 0 saturated heterocycles. The molecule has 1 heterocycles. The molecular weight excluding hydrogens is 336 g/mol. The lowest BCUT2D eigenvalue weighted by molar-refractivity contribution is 0.102. The van der Waals surface area contributed by atoms with Gasteiger partial charge in [-0.1, -0.05) is 36.4 Å². The van der Waals surface area contributed by atoms with Crippen LogP contribution in [0.25, 0.3) is 10.9 Å². The Balaban J connectivity index is 1.53. The number of benzene rings is 3. The van der Waals surface area contributed by atoms with E-state index in [1.165, 1.54) is 0 Å². The highest BCUT2D eigenvalue weighted by Crippen LogP contribution is 2.24.